The van der Waals surface area contributed by atoms with E-state index >= 15 is 0 Å². The lowest BCUT2D eigenvalue weighted by Crippen LogP contribution is -2.48. The van der Waals surface area contributed by atoms with Crippen LogP contribution in [0.3, 0.4) is 0 Å². The van der Waals surface area contributed by atoms with Gasteiger partial charge in [-0.1, -0.05) is 43.1 Å². The van der Waals surface area contributed by atoms with Crippen LogP contribution in [0.1, 0.15) is 52.7 Å². The molecule has 2 heterocycles. The molecule has 4 rings (SSSR count). The molecule has 0 radical (unpaired) electrons. The summed E-state index contributed by atoms with van der Waals surface area (Å²) in [6.07, 6.45) is 1.60. The number of carbonyl (C=O) groups is 2. The molecule has 5 nitrogen and oxygen atoms in total. The molecular formula is C29H32Cl2N2O3S. The van der Waals surface area contributed by atoms with Crippen molar-refractivity contribution in [2.45, 2.75) is 39.7 Å². The molecule has 1 aliphatic heterocycles. The first kappa shape index (κ1) is 27.5. The van der Waals surface area contributed by atoms with Gasteiger partial charge in [-0.05, 0) is 84.7 Å². The maximum atomic E-state index is 13.7. The number of benzene rings is 2. The van der Waals surface area contributed by atoms with Gasteiger partial charge in [0.2, 0.25) is 5.91 Å². The lowest BCUT2D eigenvalue weighted by atomic mass is 10.00. The highest BCUT2D eigenvalue weighted by atomic mass is 35.5. The van der Waals surface area contributed by atoms with E-state index in [-0.39, 0.29) is 24.4 Å². The minimum absolute atomic E-state index is 0.00803. The Hall–Kier alpha value is -2.54. The summed E-state index contributed by atoms with van der Waals surface area (Å²) in [5.41, 5.74) is 2.54. The highest BCUT2D eigenvalue weighted by Crippen LogP contribution is 2.34. The van der Waals surface area contributed by atoms with Gasteiger partial charge in [0.1, 0.15) is 18.9 Å². The van der Waals surface area contributed by atoms with Crippen molar-refractivity contribution in [3.8, 4) is 5.75 Å². The number of ether oxygens (including phenoxy) is 1. The summed E-state index contributed by atoms with van der Waals surface area (Å²) in [7, 11) is 0. The second-order valence-corrected chi connectivity index (χ2v) is 11.6. The van der Waals surface area contributed by atoms with Crippen LogP contribution >= 0.6 is 34.5 Å². The first-order valence-corrected chi connectivity index (χ1v) is 14.2. The molecule has 37 heavy (non-hydrogen) atoms. The van der Waals surface area contributed by atoms with Crippen LogP contribution in [-0.2, 0) is 11.2 Å². The van der Waals surface area contributed by atoms with Crippen molar-refractivity contribution < 1.29 is 14.3 Å². The maximum absolute atomic E-state index is 13.7. The number of rotatable bonds is 9. The first-order valence-electron chi connectivity index (χ1n) is 12.5. The smallest absolute Gasteiger partial charge is 0.254 e. The highest BCUT2D eigenvalue weighted by molar-refractivity contribution is 7.10. The van der Waals surface area contributed by atoms with E-state index in [9.17, 15) is 9.59 Å². The Morgan fingerprint density at radius 3 is 2.70 bits per heavy atom. The average Bonchev–Trinajstić information content (AvgIpc) is 3.35. The lowest BCUT2D eigenvalue weighted by molar-refractivity contribution is -0.135. The number of thiophene rings is 1. The van der Waals surface area contributed by atoms with E-state index in [1.807, 2.05) is 30.0 Å². The van der Waals surface area contributed by atoms with Crippen LogP contribution < -0.4 is 4.74 Å². The Morgan fingerprint density at radius 2 is 1.97 bits per heavy atom. The number of hydrogen-bond donors (Lipinski definition) is 0. The van der Waals surface area contributed by atoms with Crippen LogP contribution in [0.15, 0.2) is 53.9 Å². The van der Waals surface area contributed by atoms with E-state index in [0.717, 1.165) is 24.0 Å². The van der Waals surface area contributed by atoms with Crippen LogP contribution in [0.2, 0.25) is 10.0 Å². The van der Waals surface area contributed by atoms with Gasteiger partial charge in [-0.15, -0.1) is 11.3 Å². The number of fused-ring (bicyclic) bond motifs is 1. The zero-order valence-corrected chi connectivity index (χ0v) is 23.7. The summed E-state index contributed by atoms with van der Waals surface area (Å²) in [5.74, 6) is 0.842. The molecule has 0 fully saturated rings. The Balaban J connectivity index is 1.54. The Morgan fingerprint density at radius 1 is 1.16 bits per heavy atom. The SMILES string of the molecule is Cc1cc(OCC2c3ccsc3CCN2C(=O)CN(CCC(C)C)C(=O)c2cccc(Cl)c2)ccc1Cl. The normalized spacial score (nSPS) is 15.0. The molecule has 1 aromatic heterocycles. The van der Waals surface area contributed by atoms with Gasteiger partial charge in [-0.25, -0.2) is 0 Å². The van der Waals surface area contributed by atoms with E-state index in [4.69, 9.17) is 27.9 Å². The number of nitrogens with zero attached hydrogens (tertiary/aromatic N) is 2. The van der Waals surface area contributed by atoms with Gasteiger partial charge < -0.3 is 14.5 Å². The van der Waals surface area contributed by atoms with Crippen LogP contribution in [-0.4, -0.2) is 47.9 Å². The fraction of sp³-hybridized carbons (Fsp3) is 0.379. The number of amides is 2. The Kier molecular flexibility index (Phi) is 9.17. The molecule has 0 saturated heterocycles. The summed E-state index contributed by atoms with van der Waals surface area (Å²) in [6.45, 7) is 7.57. The largest absolute Gasteiger partial charge is 0.491 e. The number of halogens is 2. The third-order valence-corrected chi connectivity index (χ3v) is 8.27. The molecule has 0 aliphatic carbocycles. The summed E-state index contributed by atoms with van der Waals surface area (Å²) >= 11 is 14.0. The van der Waals surface area contributed by atoms with Gasteiger partial charge in [0.05, 0.1) is 6.04 Å². The molecule has 1 atom stereocenters. The quantitative estimate of drug-likeness (QED) is 0.282. The molecule has 3 aromatic rings. The van der Waals surface area contributed by atoms with E-state index in [0.29, 0.717) is 47.0 Å². The van der Waals surface area contributed by atoms with Crippen molar-refractivity contribution in [1.29, 1.82) is 0 Å². The van der Waals surface area contributed by atoms with Crippen LogP contribution in [0.4, 0.5) is 0 Å². The molecule has 1 aliphatic rings. The maximum Gasteiger partial charge on any atom is 0.254 e. The lowest BCUT2D eigenvalue weighted by Gasteiger charge is -2.37. The fourth-order valence-electron chi connectivity index (χ4n) is 4.48. The van der Waals surface area contributed by atoms with E-state index in [1.165, 1.54) is 4.88 Å². The topological polar surface area (TPSA) is 49.9 Å². The van der Waals surface area contributed by atoms with Gasteiger partial charge in [0.25, 0.3) is 5.91 Å². The standard InChI is InChI=1S/C29H32Cl2N2O3S/c1-19(2)9-12-32(29(35)21-5-4-6-22(30)16-21)17-28(34)33-13-10-27-24(11-14-37-27)26(33)18-36-23-7-8-25(31)20(3)15-23/h4-8,11,14-16,19,26H,9-10,12-13,17-18H2,1-3H3. The van der Waals surface area contributed by atoms with Crippen LogP contribution in [0.5, 0.6) is 5.75 Å². The third-order valence-electron chi connectivity index (χ3n) is 6.61. The molecular weight excluding hydrogens is 527 g/mol. The van der Waals surface area contributed by atoms with Gasteiger partial charge in [-0.3, -0.25) is 9.59 Å². The molecule has 0 saturated carbocycles. The van der Waals surface area contributed by atoms with Gasteiger partial charge in [-0.2, -0.15) is 0 Å². The van der Waals surface area contributed by atoms with E-state index in [2.05, 4.69) is 25.3 Å². The summed E-state index contributed by atoms with van der Waals surface area (Å²) in [4.78, 5) is 31.9. The van der Waals surface area contributed by atoms with Crippen molar-refractivity contribution in [3.05, 3.63) is 85.5 Å². The number of carbonyl (C=O) groups excluding carboxylic acids is 2. The summed E-state index contributed by atoms with van der Waals surface area (Å²) in [5, 5.41) is 3.25. The van der Waals surface area contributed by atoms with Crippen molar-refractivity contribution in [1.82, 2.24) is 9.80 Å². The molecule has 1 unspecified atom stereocenters. The van der Waals surface area contributed by atoms with Gasteiger partial charge in [0, 0.05) is 33.6 Å². The van der Waals surface area contributed by atoms with Crippen molar-refractivity contribution >= 4 is 46.4 Å². The second-order valence-electron chi connectivity index (χ2n) is 9.79. The average molecular weight is 560 g/mol. The monoisotopic (exact) mass is 558 g/mol. The predicted molar refractivity (Wildman–Crippen MR) is 151 cm³/mol. The molecule has 0 bridgehead atoms. The van der Waals surface area contributed by atoms with Crippen molar-refractivity contribution in [2.24, 2.45) is 5.92 Å². The van der Waals surface area contributed by atoms with Gasteiger partial charge in [0.15, 0.2) is 0 Å². The predicted octanol–water partition coefficient (Wildman–Crippen LogP) is 7.06. The fourth-order valence-corrected chi connectivity index (χ4v) is 5.72. The number of aryl methyl sites for hydroxylation is 1. The Bertz CT molecular complexity index is 1260. The second kappa shape index (κ2) is 12.3. The molecule has 0 spiro atoms. The first-order chi connectivity index (χ1) is 17.7. The third kappa shape index (κ3) is 6.86. The van der Waals surface area contributed by atoms with Crippen LogP contribution in [0.25, 0.3) is 0 Å². The molecule has 196 valence electrons. The Labute approximate surface area is 232 Å². The number of hydrogen-bond acceptors (Lipinski definition) is 4. The zero-order valence-electron chi connectivity index (χ0n) is 21.4. The highest BCUT2D eigenvalue weighted by Gasteiger charge is 2.33. The minimum atomic E-state index is -0.230. The zero-order chi connectivity index (χ0) is 26.5. The van der Waals surface area contributed by atoms with Crippen molar-refractivity contribution in [2.75, 3.05) is 26.2 Å². The molecule has 0 N–H and O–H groups in total. The molecule has 8 heteroatoms. The molecule has 2 amide bonds. The molecule has 2 aromatic carbocycles. The summed E-state index contributed by atoms with van der Waals surface area (Å²) in [6, 6.07) is 14.3. The summed E-state index contributed by atoms with van der Waals surface area (Å²) < 4.78 is 6.16. The van der Waals surface area contributed by atoms with Gasteiger partial charge >= 0.3 is 0 Å². The van der Waals surface area contributed by atoms with Crippen molar-refractivity contribution in [3.63, 3.8) is 0 Å². The van der Waals surface area contributed by atoms with E-state index in [1.54, 1.807) is 40.5 Å². The van der Waals surface area contributed by atoms with Crippen LogP contribution in [0, 0.1) is 12.8 Å². The van der Waals surface area contributed by atoms with E-state index < -0.39 is 0 Å². The minimum Gasteiger partial charge on any atom is -0.491 e.